The zero-order valence-electron chi connectivity index (χ0n) is 18.1. The van der Waals surface area contributed by atoms with Crippen molar-refractivity contribution in [3.8, 4) is 0 Å². The number of fused-ring (bicyclic) bond motifs is 5. The van der Waals surface area contributed by atoms with E-state index in [0.29, 0.717) is 10.9 Å². The lowest BCUT2D eigenvalue weighted by atomic mass is 10.1. The fraction of sp³-hybridized carbons (Fsp3) is 0.0345. The van der Waals surface area contributed by atoms with Gasteiger partial charge in [0.15, 0.2) is 0 Å². The SMILES string of the molecule is Cc1ccc(S(=O)(=O)n2c3/c(c4ccccc42)=C/C=c2\cccc\c2=c2/cccc/c2=3)cc1. The molecule has 1 heterocycles. The van der Waals surface area contributed by atoms with Crippen molar-refractivity contribution in [3.05, 3.63) is 134 Å². The van der Waals surface area contributed by atoms with Crippen LogP contribution < -0.4 is 10.4 Å². The van der Waals surface area contributed by atoms with Gasteiger partial charge in [0.25, 0.3) is 10.0 Å². The minimum Gasteiger partial charge on any atom is -0.233 e. The van der Waals surface area contributed by atoms with Crippen LogP contribution in [0.5, 0.6) is 0 Å². The van der Waals surface area contributed by atoms with E-state index in [2.05, 4.69) is 24.3 Å². The number of aromatic nitrogens is 1. The van der Waals surface area contributed by atoms with E-state index in [1.165, 1.54) is 3.97 Å². The first kappa shape index (κ1) is 19.8. The molecule has 1 aliphatic rings. The lowest BCUT2D eigenvalue weighted by Gasteiger charge is -2.09. The van der Waals surface area contributed by atoms with Crippen LogP contribution in [0.2, 0.25) is 0 Å². The summed E-state index contributed by atoms with van der Waals surface area (Å²) in [5.74, 6) is 0. The van der Waals surface area contributed by atoms with Crippen molar-refractivity contribution in [3.63, 3.8) is 0 Å². The summed E-state index contributed by atoms with van der Waals surface area (Å²) in [6.07, 6.45) is 4.13. The minimum atomic E-state index is -3.85. The third kappa shape index (κ3) is 2.99. The molecule has 4 aromatic carbocycles. The average Bonchev–Trinajstić information content (AvgIpc) is 3.16. The van der Waals surface area contributed by atoms with Crippen molar-refractivity contribution >= 4 is 33.1 Å². The van der Waals surface area contributed by atoms with Gasteiger partial charge in [-0.2, -0.15) is 0 Å². The number of benzene rings is 4. The van der Waals surface area contributed by atoms with Crippen molar-refractivity contribution in [2.75, 3.05) is 0 Å². The second kappa shape index (κ2) is 7.32. The van der Waals surface area contributed by atoms with E-state index in [-0.39, 0.29) is 4.90 Å². The van der Waals surface area contributed by atoms with Gasteiger partial charge in [0.1, 0.15) is 0 Å². The second-order valence-electron chi connectivity index (χ2n) is 8.33. The molecule has 0 saturated carbocycles. The third-order valence-corrected chi connectivity index (χ3v) is 8.02. The molecule has 0 unspecified atom stereocenters. The Bertz CT molecular complexity index is 1990. The second-order valence-corrected chi connectivity index (χ2v) is 10.1. The van der Waals surface area contributed by atoms with Crippen molar-refractivity contribution < 1.29 is 8.42 Å². The van der Waals surface area contributed by atoms with Gasteiger partial charge in [-0.1, -0.05) is 96.6 Å². The average molecular weight is 448 g/mol. The highest BCUT2D eigenvalue weighted by molar-refractivity contribution is 7.90. The summed E-state index contributed by atoms with van der Waals surface area (Å²) < 4.78 is 29.7. The topological polar surface area (TPSA) is 39.1 Å². The van der Waals surface area contributed by atoms with Crippen molar-refractivity contribution in [1.29, 1.82) is 0 Å². The maximum absolute atomic E-state index is 14.1. The molecule has 0 radical (unpaired) electrons. The first-order valence-corrected chi connectivity index (χ1v) is 12.3. The molecular weight excluding hydrogens is 426 g/mol. The van der Waals surface area contributed by atoms with Crippen LogP contribution in [0.4, 0.5) is 0 Å². The molecule has 5 aromatic rings. The summed E-state index contributed by atoms with van der Waals surface area (Å²) in [6.45, 7) is 1.95. The summed E-state index contributed by atoms with van der Waals surface area (Å²) in [6, 6.07) is 31.1. The van der Waals surface area contributed by atoms with Crippen LogP contribution in [0.3, 0.4) is 0 Å². The Hall–Kier alpha value is -3.89. The lowest BCUT2D eigenvalue weighted by molar-refractivity contribution is 0.588. The largest absolute Gasteiger partial charge is 0.268 e. The van der Waals surface area contributed by atoms with E-state index in [4.69, 9.17) is 0 Å². The predicted molar refractivity (Wildman–Crippen MR) is 132 cm³/mol. The van der Waals surface area contributed by atoms with Crippen LogP contribution in [0, 0.1) is 27.9 Å². The first-order chi connectivity index (χ1) is 16.1. The van der Waals surface area contributed by atoms with E-state index in [1.807, 2.05) is 79.7 Å². The standard InChI is InChI=1S/C29H21NO2S/c1-20-14-17-22(18-15-20)33(31,32)30-28-13-7-6-11-25(28)27-19-16-21-8-2-3-9-23(21)24-10-4-5-12-26(24)29(27)30/h2-19H,1H3/b19-16?,21-16+,24-23-,27-19+,29-26+. The Morgan fingerprint density at radius 1 is 0.636 bits per heavy atom. The molecule has 0 N–H and O–H groups in total. The molecular formula is C29H21NO2S. The molecule has 0 atom stereocenters. The van der Waals surface area contributed by atoms with Gasteiger partial charge in [0.05, 0.1) is 15.8 Å². The van der Waals surface area contributed by atoms with E-state index in [0.717, 1.165) is 37.0 Å². The van der Waals surface area contributed by atoms with Gasteiger partial charge in [0.2, 0.25) is 0 Å². The van der Waals surface area contributed by atoms with E-state index in [9.17, 15) is 8.42 Å². The molecule has 4 heteroatoms. The Morgan fingerprint density at radius 2 is 1.27 bits per heavy atom. The molecule has 0 bridgehead atoms. The van der Waals surface area contributed by atoms with Crippen LogP contribution in [-0.4, -0.2) is 12.4 Å². The quantitative estimate of drug-likeness (QED) is 0.404. The molecule has 0 fully saturated rings. The zero-order chi connectivity index (χ0) is 22.6. The summed E-state index contributed by atoms with van der Waals surface area (Å²) >= 11 is 0. The van der Waals surface area contributed by atoms with Gasteiger partial charge < -0.3 is 0 Å². The number of para-hydroxylation sites is 1. The van der Waals surface area contributed by atoms with E-state index < -0.39 is 10.0 Å². The van der Waals surface area contributed by atoms with Crippen LogP contribution in [0.25, 0.3) is 23.1 Å². The maximum Gasteiger partial charge on any atom is 0.268 e. The molecule has 1 aromatic heterocycles. The predicted octanol–water partition coefficient (Wildman–Crippen LogP) is 4.34. The van der Waals surface area contributed by atoms with Crippen molar-refractivity contribution in [2.45, 2.75) is 11.8 Å². The van der Waals surface area contributed by atoms with Gasteiger partial charge in [-0.15, -0.1) is 0 Å². The zero-order valence-corrected chi connectivity index (χ0v) is 18.9. The molecule has 3 nitrogen and oxygen atoms in total. The van der Waals surface area contributed by atoms with Crippen LogP contribution >= 0.6 is 0 Å². The normalized spacial score (nSPS) is 16.8. The van der Waals surface area contributed by atoms with Crippen LogP contribution in [-0.2, 0) is 10.0 Å². The molecule has 0 saturated heterocycles. The van der Waals surface area contributed by atoms with Gasteiger partial charge in [-0.3, -0.25) is 0 Å². The highest BCUT2D eigenvalue weighted by Gasteiger charge is 2.22. The summed E-state index contributed by atoms with van der Waals surface area (Å²) in [5, 5.41) is 6.61. The lowest BCUT2D eigenvalue weighted by Crippen LogP contribution is -2.17. The Morgan fingerprint density at radius 3 is 2.06 bits per heavy atom. The molecule has 1 aliphatic carbocycles. The Labute approximate surface area is 191 Å². The molecule has 160 valence electrons. The monoisotopic (exact) mass is 447 g/mol. The van der Waals surface area contributed by atoms with Gasteiger partial charge in [-0.05, 0) is 40.8 Å². The minimum absolute atomic E-state index is 0.278. The smallest absolute Gasteiger partial charge is 0.233 e. The highest BCUT2D eigenvalue weighted by Crippen LogP contribution is 2.22. The third-order valence-electron chi connectivity index (χ3n) is 6.29. The van der Waals surface area contributed by atoms with Crippen molar-refractivity contribution in [1.82, 2.24) is 3.97 Å². The van der Waals surface area contributed by atoms with E-state index in [1.54, 1.807) is 12.1 Å². The first-order valence-electron chi connectivity index (χ1n) is 10.9. The fourth-order valence-corrected chi connectivity index (χ4v) is 6.26. The number of rotatable bonds is 2. The Balaban J connectivity index is 1.98. The summed E-state index contributed by atoms with van der Waals surface area (Å²) in [4.78, 5) is 0.278. The molecule has 0 aliphatic heterocycles. The molecule has 6 rings (SSSR count). The van der Waals surface area contributed by atoms with Gasteiger partial charge in [0, 0.05) is 15.8 Å². The van der Waals surface area contributed by atoms with Gasteiger partial charge in [-0.25, -0.2) is 12.4 Å². The Kier molecular flexibility index (Phi) is 4.39. The molecule has 33 heavy (non-hydrogen) atoms. The van der Waals surface area contributed by atoms with Crippen LogP contribution in [0.1, 0.15) is 5.56 Å². The van der Waals surface area contributed by atoms with Crippen molar-refractivity contribution in [2.24, 2.45) is 0 Å². The summed E-state index contributed by atoms with van der Waals surface area (Å²) in [7, 11) is -3.85. The summed E-state index contributed by atoms with van der Waals surface area (Å²) in [5.41, 5.74) is 1.69. The number of aryl methyl sites for hydroxylation is 1. The maximum atomic E-state index is 14.1. The fourth-order valence-electron chi connectivity index (χ4n) is 4.71. The highest BCUT2D eigenvalue weighted by atomic mass is 32.2. The molecule has 0 spiro atoms. The number of hydrogen-bond acceptors (Lipinski definition) is 2. The van der Waals surface area contributed by atoms with Crippen LogP contribution in [0.15, 0.2) is 102 Å². The number of nitrogens with zero attached hydrogens (tertiary/aromatic N) is 1. The molecule has 0 amide bonds. The van der Waals surface area contributed by atoms with E-state index >= 15 is 0 Å². The number of hydrogen-bond donors (Lipinski definition) is 0. The van der Waals surface area contributed by atoms with Gasteiger partial charge >= 0.3 is 0 Å².